The van der Waals surface area contributed by atoms with Crippen molar-refractivity contribution in [1.82, 2.24) is 19.8 Å². The molecule has 0 fully saturated rings. The number of aromatic nitrogens is 4. The van der Waals surface area contributed by atoms with Crippen LogP contribution in [0.25, 0.3) is 5.65 Å². The smallest absolute Gasteiger partial charge is 0.200 e. The molecule has 0 N–H and O–H groups in total. The second-order valence-corrected chi connectivity index (χ2v) is 5.91. The summed E-state index contributed by atoms with van der Waals surface area (Å²) in [7, 11) is 2.07. The van der Waals surface area contributed by atoms with Crippen molar-refractivity contribution in [3.63, 3.8) is 0 Å². The Hall–Kier alpha value is -2.63. The highest BCUT2D eigenvalue weighted by Crippen LogP contribution is 2.20. The molecule has 0 saturated heterocycles. The van der Waals surface area contributed by atoms with Gasteiger partial charge in [-0.2, -0.15) is 9.61 Å². The van der Waals surface area contributed by atoms with E-state index >= 15 is 0 Å². The van der Waals surface area contributed by atoms with Crippen molar-refractivity contribution in [3.05, 3.63) is 47.9 Å². The molecule has 0 atom stereocenters. The van der Waals surface area contributed by atoms with Crippen molar-refractivity contribution in [2.45, 2.75) is 26.7 Å². The molecule has 0 aliphatic heterocycles. The predicted octanol–water partition coefficient (Wildman–Crippen LogP) is 2.90. The summed E-state index contributed by atoms with van der Waals surface area (Å²) in [5, 5.41) is 12.6. The van der Waals surface area contributed by atoms with Crippen LogP contribution in [-0.2, 0) is 6.42 Å². The minimum Gasteiger partial charge on any atom is -0.494 e. The molecule has 6 nitrogen and oxygen atoms in total. The van der Waals surface area contributed by atoms with Gasteiger partial charge in [-0.3, -0.25) is 0 Å². The molecule has 0 saturated carbocycles. The van der Waals surface area contributed by atoms with Gasteiger partial charge in [0.15, 0.2) is 0 Å². The second kappa shape index (κ2) is 7.29. The monoisotopic (exact) mass is 325 g/mol. The first kappa shape index (κ1) is 16.2. The number of nitrogens with zero attached hydrogens (tertiary/aromatic N) is 5. The summed E-state index contributed by atoms with van der Waals surface area (Å²) in [5.41, 5.74) is 4.08. The van der Waals surface area contributed by atoms with Crippen molar-refractivity contribution in [1.29, 1.82) is 0 Å². The zero-order valence-electron chi connectivity index (χ0n) is 14.4. The number of hydrogen-bond donors (Lipinski definition) is 0. The van der Waals surface area contributed by atoms with Crippen molar-refractivity contribution in [2.24, 2.45) is 0 Å². The third kappa shape index (κ3) is 3.64. The van der Waals surface area contributed by atoms with Crippen LogP contribution in [0.5, 0.6) is 5.75 Å². The minimum atomic E-state index is 0.683. The molecular weight excluding hydrogens is 302 g/mol. The molecule has 1 aromatic carbocycles. The first-order valence-corrected chi connectivity index (χ1v) is 8.28. The van der Waals surface area contributed by atoms with E-state index in [1.807, 2.05) is 12.1 Å². The lowest BCUT2D eigenvalue weighted by Gasteiger charge is -2.20. The first-order chi connectivity index (χ1) is 11.7. The summed E-state index contributed by atoms with van der Waals surface area (Å²) >= 11 is 0. The van der Waals surface area contributed by atoms with E-state index in [0.29, 0.717) is 6.61 Å². The molecule has 6 heteroatoms. The number of rotatable bonds is 7. The molecule has 126 valence electrons. The summed E-state index contributed by atoms with van der Waals surface area (Å²) in [4.78, 5) is 2.18. The third-order valence-corrected chi connectivity index (χ3v) is 3.97. The highest BCUT2D eigenvalue weighted by Gasteiger charge is 2.11. The van der Waals surface area contributed by atoms with Gasteiger partial charge in [-0.1, -0.05) is 19.1 Å². The number of benzene rings is 1. The van der Waals surface area contributed by atoms with E-state index in [9.17, 15) is 0 Å². The van der Waals surface area contributed by atoms with Gasteiger partial charge in [0.1, 0.15) is 12.1 Å². The van der Waals surface area contributed by atoms with Gasteiger partial charge in [-0.05, 0) is 43.5 Å². The predicted molar refractivity (Wildman–Crippen MR) is 94.7 cm³/mol. The lowest BCUT2D eigenvalue weighted by atomic mass is 10.2. The van der Waals surface area contributed by atoms with E-state index < -0.39 is 0 Å². The van der Waals surface area contributed by atoms with Gasteiger partial charge in [0.25, 0.3) is 0 Å². The van der Waals surface area contributed by atoms with Crippen LogP contribution in [0.1, 0.15) is 24.6 Å². The Morgan fingerprint density at radius 3 is 2.92 bits per heavy atom. The molecule has 3 rings (SSSR count). The Morgan fingerprint density at radius 1 is 1.25 bits per heavy atom. The van der Waals surface area contributed by atoms with Crippen LogP contribution in [0.3, 0.4) is 0 Å². The van der Waals surface area contributed by atoms with Crippen LogP contribution in [0.15, 0.2) is 36.7 Å². The van der Waals surface area contributed by atoms with Crippen LogP contribution in [0.4, 0.5) is 5.69 Å². The molecular formula is C18H23N5O. The number of ether oxygens (including phenoxy) is 1. The standard InChI is InChI=1S/C18H23N5O/c1-4-15-12-17(18-20-19-13-23(18)21-15)22(3)9-6-10-24-16-8-5-7-14(2)11-16/h5,7-8,11-13H,4,6,9-10H2,1-3H3. The van der Waals surface area contributed by atoms with Gasteiger partial charge in [0.05, 0.1) is 18.0 Å². The molecule has 3 aromatic rings. The number of fused-ring (bicyclic) bond motifs is 1. The van der Waals surface area contributed by atoms with E-state index in [4.69, 9.17) is 4.74 Å². The highest BCUT2D eigenvalue weighted by molar-refractivity contribution is 5.67. The van der Waals surface area contributed by atoms with Crippen molar-refractivity contribution >= 4 is 11.3 Å². The Bertz CT molecular complexity index is 814. The van der Waals surface area contributed by atoms with Crippen LogP contribution in [0, 0.1) is 6.92 Å². The van der Waals surface area contributed by atoms with Gasteiger partial charge in [-0.25, -0.2) is 0 Å². The summed E-state index contributed by atoms with van der Waals surface area (Å²) in [6, 6.07) is 10.2. The summed E-state index contributed by atoms with van der Waals surface area (Å²) in [6.45, 7) is 5.72. The molecule has 2 aromatic heterocycles. The molecule has 0 bridgehead atoms. The molecule has 0 aliphatic rings. The highest BCUT2D eigenvalue weighted by atomic mass is 16.5. The topological polar surface area (TPSA) is 55.5 Å². The number of aryl methyl sites for hydroxylation is 2. The van der Waals surface area contributed by atoms with E-state index in [0.717, 1.165) is 42.2 Å². The van der Waals surface area contributed by atoms with Gasteiger partial charge < -0.3 is 9.64 Å². The molecule has 0 amide bonds. The van der Waals surface area contributed by atoms with Gasteiger partial charge in [0.2, 0.25) is 5.65 Å². The normalized spacial score (nSPS) is 11.0. The SMILES string of the molecule is CCc1cc(N(C)CCCOc2cccc(C)c2)c2nncn2n1. The fraction of sp³-hybridized carbons (Fsp3) is 0.389. The minimum absolute atomic E-state index is 0.683. The maximum atomic E-state index is 5.82. The van der Waals surface area contributed by atoms with Crippen LogP contribution < -0.4 is 9.64 Å². The Balaban J connectivity index is 1.61. The Kier molecular flexibility index (Phi) is 4.93. The van der Waals surface area contributed by atoms with Crippen LogP contribution in [-0.4, -0.2) is 40.0 Å². The fourth-order valence-electron chi connectivity index (χ4n) is 2.63. The zero-order valence-corrected chi connectivity index (χ0v) is 14.4. The molecule has 0 spiro atoms. The number of hydrogen-bond acceptors (Lipinski definition) is 5. The first-order valence-electron chi connectivity index (χ1n) is 8.28. The van der Waals surface area contributed by atoms with E-state index in [1.165, 1.54) is 5.56 Å². The van der Waals surface area contributed by atoms with Gasteiger partial charge >= 0.3 is 0 Å². The molecule has 0 aliphatic carbocycles. The van der Waals surface area contributed by atoms with Crippen molar-refractivity contribution in [2.75, 3.05) is 25.1 Å². The Labute approximate surface area is 142 Å². The molecule has 2 heterocycles. The lowest BCUT2D eigenvalue weighted by molar-refractivity contribution is 0.312. The summed E-state index contributed by atoms with van der Waals surface area (Å²) < 4.78 is 7.56. The third-order valence-electron chi connectivity index (χ3n) is 3.97. The largest absolute Gasteiger partial charge is 0.494 e. The molecule has 24 heavy (non-hydrogen) atoms. The van der Waals surface area contributed by atoms with Crippen LogP contribution >= 0.6 is 0 Å². The maximum Gasteiger partial charge on any atom is 0.200 e. The average Bonchev–Trinajstić information content (AvgIpc) is 3.06. The fourth-order valence-corrected chi connectivity index (χ4v) is 2.63. The number of anilines is 1. The van der Waals surface area contributed by atoms with Gasteiger partial charge in [0, 0.05) is 13.6 Å². The van der Waals surface area contributed by atoms with E-state index in [-0.39, 0.29) is 0 Å². The lowest BCUT2D eigenvalue weighted by Crippen LogP contribution is -2.22. The van der Waals surface area contributed by atoms with Crippen molar-refractivity contribution in [3.8, 4) is 5.75 Å². The van der Waals surface area contributed by atoms with Gasteiger partial charge in [-0.15, -0.1) is 10.2 Å². The summed E-state index contributed by atoms with van der Waals surface area (Å²) in [6.07, 6.45) is 3.45. The second-order valence-electron chi connectivity index (χ2n) is 5.91. The van der Waals surface area contributed by atoms with E-state index in [1.54, 1.807) is 10.8 Å². The Morgan fingerprint density at radius 2 is 2.12 bits per heavy atom. The zero-order chi connectivity index (χ0) is 16.9. The van der Waals surface area contributed by atoms with Crippen molar-refractivity contribution < 1.29 is 4.74 Å². The molecule has 0 unspecified atom stereocenters. The van der Waals surface area contributed by atoms with Crippen LogP contribution in [0.2, 0.25) is 0 Å². The van der Waals surface area contributed by atoms with E-state index in [2.05, 4.69) is 59.3 Å². The average molecular weight is 325 g/mol. The maximum absolute atomic E-state index is 5.82. The molecule has 0 radical (unpaired) electrons. The quantitative estimate of drug-likeness (QED) is 0.625. The summed E-state index contributed by atoms with van der Waals surface area (Å²) in [5.74, 6) is 0.926.